The van der Waals surface area contributed by atoms with Gasteiger partial charge in [-0.1, -0.05) is 74.6 Å². The van der Waals surface area contributed by atoms with Crippen molar-refractivity contribution < 1.29 is 9.53 Å². The van der Waals surface area contributed by atoms with Crippen molar-refractivity contribution in [2.24, 2.45) is 0 Å². The van der Waals surface area contributed by atoms with E-state index in [1.165, 1.54) is 16.9 Å². The molecule has 0 aliphatic heterocycles. The fourth-order valence-corrected chi connectivity index (χ4v) is 3.21. The summed E-state index contributed by atoms with van der Waals surface area (Å²) in [5.41, 5.74) is 2.08. The van der Waals surface area contributed by atoms with E-state index in [1.807, 2.05) is 54.6 Å². The van der Waals surface area contributed by atoms with Crippen molar-refractivity contribution in [1.29, 1.82) is 0 Å². The molecule has 0 radical (unpaired) electrons. The molecule has 3 aromatic rings. The Hall–Kier alpha value is -2.39. The Morgan fingerprint density at radius 1 is 0.875 bits per heavy atom. The number of ketones is 1. The van der Waals surface area contributed by atoms with Gasteiger partial charge in [0.1, 0.15) is 5.75 Å². The predicted octanol–water partition coefficient (Wildman–Crippen LogP) is 6.07. The third-order valence-electron chi connectivity index (χ3n) is 3.78. The number of benzene rings is 2. The quantitative estimate of drug-likeness (QED) is 0.541. The molecule has 122 valence electrons. The third kappa shape index (κ3) is 3.74. The Labute approximate surface area is 146 Å². The molecule has 0 aliphatic carbocycles. The average molecular weight is 336 g/mol. The fourth-order valence-electron chi connectivity index (χ4n) is 2.37. The molecule has 0 saturated carbocycles. The molecule has 3 heteroatoms. The van der Waals surface area contributed by atoms with Gasteiger partial charge in [-0.05, 0) is 35.2 Å². The molecule has 2 nitrogen and oxygen atoms in total. The molecule has 1 aromatic heterocycles. The van der Waals surface area contributed by atoms with Crippen LogP contribution < -0.4 is 4.74 Å². The Balaban J connectivity index is 1.73. The highest BCUT2D eigenvalue weighted by molar-refractivity contribution is 7.16. The van der Waals surface area contributed by atoms with E-state index in [0.717, 1.165) is 10.8 Å². The summed E-state index contributed by atoms with van der Waals surface area (Å²) in [4.78, 5) is 13.1. The standard InChI is InChI=1S/C21H20O2S/c1-21(2,3)16-9-11-17(12-10-16)23-19-14-13-18(24-19)20(22)15-7-5-4-6-8-15/h4-14H,1-3H3. The Kier molecular flexibility index (Phi) is 4.54. The van der Waals surface area contributed by atoms with E-state index in [4.69, 9.17) is 4.74 Å². The molecule has 0 atom stereocenters. The van der Waals surface area contributed by atoms with E-state index in [-0.39, 0.29) is 11.2 Å². The summed E-state index contributed by atoms with van der Waals surface area (Å²) in [6.07, 6.45) is 0. The molecule has 0 amide bonds. The van der Waals surface area contributed by atoms with E-state index in [2.05, 4.69) is 32.9 Å². The second kappa shape index (κ2) is 6.62. The lowest BCUT2D eigenvalue weighted by Gasteiger charge is -2.18. The van der Waals surface area contributed by atoms with Crippen LogP contribution >= 0.6 is 11.3 Å². The largest absolute Gasteiger partial charge is 0.447 e. The molecule has 2 aromatic carbocycles. The maximum Gasteiger partial charge on any atom is 0.203 e. The molecule has 0 N–H and O–H groups in total. The molecule has 0 bridgehead atoms. The van der Waals surface area contributed by atoms with Gasteiger partial charge >= 0.3 is 0 Å². The molecule has 0 aliphatic rings. The maximum atomic E-state index is 12.4. The number of rotatable bonds is 4. The highest BCUT2D eigenvalue weighted by Gasteiger charge is 2.14. The summed E-state index contributed by atoms with van der Waals surface area (Å²) in [5, 5.41) is 0.720. The molecule has 3 rings (SSSR count). The zero-order valence-electron chi connectivity index (χ0n) is 14.1. The van der Waals surface area contributed by atoms with Crippen molar-refractivity contribution in [3.8, 4) is 10.8 Å². The van der Waals surface area contributed by atoms with Gasteiger partial charge in [-0.25, -0.2) is 0 Å². The van der Waals surface area contributed by atoms with E-state index < -0.39 is 0 Å². The maximum absolute atomic E-state index is 12.4. The molecule has 0 fully saturated rings. The zero-order chi connectivity index (χ0) is 17.2. The van der Waals surface area contributed by atoms with Gasteiger partial charge in [0.2, 0.25) is 5.78 Å². The van der Waals surface area contributed by atoms with Gasteiger partial charge in [-0.15, -0.1) is 0 Å². The summed E-state index contributed by atoms with van der Waals surface area (Å²) in [6, 6.07) is 21.1. The summed E-state index contributed by atoms with van der Waals surface area (Å²) < 4.78 is 5.88. The SMILES string of the molecule is CC(C)(C)c1ccc(Oc2ccc(C(=O)c3ccccc3)s2)cc1. The first-order chi connectivity index (χ1) is 11.4. The minimum atomic E-state index is 0.0264. The van der Waals surface area contributed by atoms with Gasteiger partial charge in [-0.2, -0.15) is 0 Å². The fraction of sp³-hybridized carbons (Fsp3) is 0.190. The zero-order valence-corrected chi connectivity index (χ0v) is 14.9. The first-order valence-electron chi connectivity index (χ1n) is 7.91. The molecule has 0 unspecified atom stereocenters. The minimum absolute atomic E-state index is 0.0264. The van der Waals surface area contributed by atoms with Crippen LogP contribution in [0.5, 0.6) is 10.8 Å². The number of hydrogen-bond donors (Lipinski definition) is 0. The molecule has 0 spiro atoms. The molecule has 1 heterocycles. The van der Waals surface area contributed by atoms with Crippen molar-refractivity contribution in [2.45, 2.75) is 26.2 Å². The highest BCUT2D eigenvalue weighted by Crippen LogP contribution is 2.32. The monoisotopic (exact) mass is 336 g/mol. The molecular weight excluding hydrogens is 316 g/mol. The van der Waals surface area contributed by atoms with Crippen LogP contribution in [0.4, 0.5) is 0 Å². The van der Waals surface area contributed by atoms with Crippen molar-refractivity contribution in [3.05, 3.63) is 82.7 Å². The lowest BCUT2D eigenvalue weighted by molar-refractivity contribution is 0.104. The number of carbonyl (C=O) groups is 1. The van der Waals surface area contributed by atoms with Gasteiger partial charge in [0.25, 0.3) is 0 Å². The topological polar surface area (TPSA) is 26.3 Å². The Bertz CT molecular complexity index is 824. The van der Waals surface area contributed by atoms with Gasteiger partial charge in [0.15, 0.2) is 5.06 Å². The second-order valence-corrected chi connectivity index (χ2v) is 7.74. The van der Waals surface area contributed by atoms with Crippen LogP contribution in [0, 0.1) is 0 Å². The van der Waals surface area contributed by atoms with Crippen LogP contribution in [-0.2, 0) is 5.41 Å². The van der Waals surface area contributed by atoms with Crippen LogP contribution in [0.25, 0.3) is 0 Å². The van der Waals surface area contributed by atoms with Gasteiger partial charge in [-0.3, -0.25) is 4.79 Å². The number of hydrogen-bond acceptors (Lipinski definition) is 3. The van der Waals surface area contributed by atoms with Gasteiger partial charge in [0, 0.05) is 5.56 Å². The predicted molar refractivity (Wildman–Crippen MR) is 99.4 cm³/mol. The molecule has 24 heavy (non-hydrogen) atoms. The van der Waals surface area contributed by atoms with Gasteiger partial charge in [0.05, 0.1) is 4.88 Å². The van der Waals surface area contributed by atoms with Crippen molar-refractivity contribution in [3.63, 3.8) is 0 Å². The van der Waals surface area contributed by atoms with E-state index in [9.17, 15) is 4.79 Å². The van der Waals surface area contributed by atoms with E-state index >= 15 is 0 Å². The Morgan fingerprint density at radius 2 is 1.54 bits per heavy atom. The summed E-state index contributed by atoms with van der Waals surface area (Å²) in [7, 11) is 0. The third-order valence-corrected chi connectivity index (χ3v) is 4.74. The smallest absolute Gasteiger partial charge is 0.203 e. The number of thiophene rings is 1. The van der Waals surface area contributed by atoms with Crippen LogP contribution in [0.15, 0.2) is 66.7 Å². The van der Waals surface area contributed by atoms with Crippen LogP contribution in [0.2, 0.25) is 0 Å². The summed E-state index contributed by atoms with van der Waals surface area (Å²) in [5.74, 6) is 0.807. The summed E-state index contributed by atoms with van der Waals surface area (Å²) >= 11 is 1.37. The molecular formula is C21H20O2S. The van der Waals surface area contributed by atoms with E-state index in [1.54, 1.807) is 0 Å². The lowest BCUT2D eigenvalue weighted by Crippen LogP contribution is -2.10. The van der Waals surface area contributed by atoms with Crippen molar-refractivity contribution in [1.82, 2.24) is 0 Å². The normalized spacial score (nSPS) is 11.3. The first kappa shape index (κ1) is 16.5. The van der Waals surface area contributed by atoms with Crippen molar-refractivity contribution >= 4 is 17.1 Å². The van der Waals surface area contributed by atoms with Gasteiger partial charge < -0.3 is 4.74 Å². The molecule has 0 saturated heterocycles. The van der Waals surface area contributed by atoms with Crippen LogP contribution in [0.1, 0.15) is 41.6 Å². The average Bonchev–Trinajstić information content (AvgIpc) is 3.03. The number of ether oxygens (including phenoxy) is 1. The van der Waals surface area contributed by atoms with Crippen LogP contribution in [0.3, 0.4) is 0 Å². The highest BCUT2D eigenvalue weighted by atomic mass is 32.1. The lowest BCUT2D eigenvalue weighted by atomic mass is 9.87. The first-order valence-corrected chi connectivity index (χ1v) is 8.73. The Morgan fingerprint density at radius 3 is 2.17 bits per heavy atom. The van der Waals surface area contributed by atoms with Crippen LogP contribution in [-0.4, -0.2) is 5.78 Å². The number of carbonyl (C=O) groups excluding carboxylic acids is 1. The minimum Gasteiger partial charge on any atom is -0.447 e. The van der Waals surface area contributed by atoms with Crippen molar-refractivity contribution in [2.75, 3.05) is 0 Å². The summed E-state index contributed by atoms with van der Waals surface area (Å²) in [6.45, 7) is 6.55. The second-order valence-electron chi connectivity index (χ2n) is 6.69. The van der Waals surface area contributed by atoms with E-state index in [0.29, 0.717) is 10.4 Å².